The molecule has 0 spiro atoms. The molecule has 0 aliphatic heterocycles. The molecular weight excluding hydrogens is 367 g/mol. The van der Waals surface area contributed by atoms with Crippen LogP contribution in [0.5, 0.6) is 0 Å². The summed E-state index contributed by atoms with van der Waals surface area (Å²) < 4.78 is 16.2. The fourth-order valence-corrected chi connectivity index (χ4v) is 4.39. The van der Waals surface area contributed by atoms with Gasteiger partial charge in [0.05, 0.1) is 6.20 Å². The van der Waals surface area contributed by atoms with Gasteiger partial charge in [0.15, 0.2) is 0 Å². The van der Waals surface area contributed by atoms with Crippen molar-refractivity contribution in [2.24, 2.45) is 13.0 Å². The molecule has 0 radical (unpaired) electrons. The predicted molar refractivity (Wildman–Crippen MR) is 116 cm³/mol. The maximum atomic E-state index is 14.6. The lowest BCUT2D eigenvalue weighted by Crippen LogP contribution is -2.36. The normalized spacial score (nSPS) is 20.9. The number of rotatable bonds is 5. The summed E-state index contributed by atoms with van der Waals surface area (Å²) in [6, 6.07) is 6.39. The van der Waals surface area contributed by atoms with E-state index in [4.69, 9.17) is 0 Å². The highest BCUT2D eigenvalue weighted by Gasteiger charge is 2.26. The molecule has 0 saturated heterocycles. The zero-order valence-electron chi connectivity index (χ0n) is 17.6. The molecule has 0 bridgehead atoms. The lowest BCUT2D eigenvalue weighted by molar-refractivity contribution is 0.186. The number of nitrogens with one attached hydrogen (secondary N) is 1. The van der Waals surface area contributed by atoms with Crippen molar-refractivity contribution >= 4 is 16.6 Å². The van der Waals surface area contributed by atoms with Gasteiger partial charge in [0.1, 0.15) is 17.3 Å². The fourth-order valence-electron chi connectivity index (χ4n) is 4.39. The topological polar surface area (TPSA) is 58.9 Å². The van der Waals surface area contributed by atoms with Crippen molar-refractivity contribution in [3.05, 3.63) is 36.4 Å². The summed E-state index contributed by atoms with van der Waals surface area (Å²) >= 11 is 0. The molecule has 3 aromatic rings. The van der Waals surface area contributed by atoms with E-state index < -0.39 is 0 Å². The van der Waals surface area contributed by atoms with Crippen molar-refractivity contribution in [1.82, 2.24) is 24.9 Å². The van der Waals surface area contributed by atoms with E-state index in [1.165, 1.54) is 31.7 Å². The van der Waals surface area contributed by atoms with Gasteiger partial charge in [-0.25, -0.2) is 9.37 Å². The van der Waals surface area contributed by atoms with Crippen molar-refractivity contribution in [2.45, 2.75) is 44.7 Å². The Balaban J connectivity index is 0.00000256. The van der Waals surface area contributed by atoms with Crippen LogP contribution in [0.4, 0.5) is 10.2 Å². The average Bonchev–Trinajstić information content (AvgIpc) is 3.14. The van der Waals surface area contributed by atoms with Gasteiger partial charge in [0.25, 0.3) is 0 Å². The first kappa shape index (κ1) is 19.8. The summed E-state index contributed by atoms with van der Waals surface area (Å²) in [5, 5.41) is 12.9. The van der Waals surface area contributed by atoms with Crippen LogP contribution in [0.2, 0.25) is 0 Å². The fraction of sp³-hybridized carbons (Fsp3) is 0.500. The molecule has 6 nitrogen and oxygen atoms in total. The second-order valence-corrected chi connectivity index (χ2v) is 8.49. The molecule has 29 heavy (non-hydrogen) atoms. The lowest BCUT2D eigenvalue weighted by Gasteiger charge is -2.35. The molecule has 2 heterocycles. The summed E-state index contributed by atoms with van der Waals surface area (Å²) in [5.41, 5.74) is 1.38. The molecule has 1 saturated carbocycles. The van der Waals surface area contributed by atoms with Gasteiger partial charge in [-0.15, -0.1) is 5.10 Å². The molecule has 1 atom stereocenters. The van der Waals surface area contributed by atoms with Crippen LogP contribution in [-0.2, 0) is 7.05 Å². The molecule has 1 N–H and O–H groups in total. The highest BCUT2D eigenvalue weighted by atomic mass is 19.1. The first-order chi connectivity index (χ1) is 13.9. The van der Waals surface area contributed by atoms with E-state index in [2.05, 4.69) is 46.5 Å². The van der Waals surface area contributed by atoms with Gasteiger partial charge in [-0.2, -0.15) is 0 Å². The van der Waals surface area contributed by atoms with E-state index in [1.807, 2.05) is 12.1 Å². The molecular formula is C22H31FN6. The maximum absolute atomic E-state index is 14.6. The minimum atomic E-state index is -0.294. The number of aromatic nitrogens is 4. The van der Waals surface area contributed by atoms with Crippen LogP contribution < -0.4 is 5.32 Å². The Bertz CT molecular complexity index is 996. The Morgan fingerprint density at radius 2 is 1.97 bits per heavy atom. The second kappa shape index (κ2) is 8.06. The van der Waals surface area contributed by atoms with E-state index in [9.17, 15) is 4.39 Å². The van der Waals surface area contributed by atoms with Crippen LogP contribution in [0.1, 0.15) is 34.0 Å². The number of anilines is 1. The Morgan fingerprint density at radius 3 is 2.62 bits per heavy atom. The quantitative estimate of drug-likeness (QED) is 0.693. The third-order valence-electron chi connectivity index (χ3n) is 6.24. The number of fused-ring (bicyclic) bond motifs is 1. The average molecular weight is 399 g/mol. The van der Waals surface area contributed by atoms with Gasteiger partial charge in [0.2, 0.25) is 0 Å². The van der Waals surface area contributed by atoms with Gasteiger partial charge < -0.3 is 10.2 Å². The van der Waals surface area contributed by atoms with Crippen LogP contribution in [0.15, 0.2) is 30.6 Å². The molecule has 4 rings (SSSR count). The SMILES string of the molecule is CC(Nc1cc2cc(-c3cn(C)nn3)cc(F)c2cn1)C1CCC(N(C)C)CC1.[HH]. The largest absolute Gasteiger partial charge is 0.367 e. The zero-order chi connectivity index (χ0) is 20.5. The van der Waals surface area contributed by atoms with Crippen LogP contribution in [0, 0.1) is 11.7 Å². The number of aryl methyl sites for hydroxylation is 1. The summed E-state index contributed by atoms with van der Waals surface area (Å²) in [7, 11) is 6.13. The third-order valence-corrected chi connectivity index (χ3v) is 6.24. The minimum absolute atomic E-state index is 0. The van der Waals surface area contributed by atoms with E-state index in [-0.39, 0.29) is 7.24 Å². The van der Waals surface area contributed by atoms with Gasteiger partial charge in [-0.3, -0.25) is 4.68 Å². The van der Waals surface area contributed by atoms with E-state index in [0.717, 1.165) is 16.8 Å². The van der Waals surface area contributed by atoms with Crippen LogP contribution >= 0.6 is 0 Å². The number of pyridine rings is 1. The maximum Gasteiger partial charge on any atom is 0.133 e. The van der Waals surface area contributed by atoms with Crippen molar-refractivity contribution in [2.75, 3.05) is 19.4 Å². The monoisotopic (exact) mass is 398 g/mol. The summed E-state index contributed by atoms with van der Waals surface area (Å²) in [5.74, 6) is 1.12. The number of halogens is 1. The Labute approximate surface area is 172 Å². The van der Waals surface area contributed by atoms with Crippen LogP contribution in [0.3, 0.4) is 0 Å². The van der Waals surface area contributed by atoms with E-state index in [0.29, 0.717) is 29.1 Å². The first-order valence-corrected chi connectivity index (χ1v) is 10.3. The standard InChI is InChI=1S/C22H29FN6.H2/c1-14(15-5-7-18(8-6-15)28(2)3)25-22-11-16-9-17(21-13-29(4)27-26-21)10-20(23)19(16)12-24-22;/h9-15,18H,5-8H2,1-4H3,(H,24,25);1H. The third kappa shape index (κ3) is 4.24. The Hall–Kier alpha value is -2.54. The van der Waals surface area contributed by atoms with Crippen molar-refractivity contribution in [3.63, 3.8) is 0 Å². The molecule has 2 aromatic heterocycles. The zero-order valence-corrected chi connectivity index (χ0v) is 17.6. The minimum Gasteiger partial charge on any atom is -0.367 e. The van der Waals surface area contributed by atoms with Crippen molar-refractivity contribution in [3.8, 4) is 11.3 Å². The Kier molecular flexibility index (Phi) is 5.50. The van der Waals surface area contributed by atoms with Crippen LogP contribution in [-0.4, -0.2) is 51.1 Å². The number of nitrogens with zero attached hydrogens (tertiary/aromatic N) is 5. The molecule has 7 heteroatoms. The predicted octanol–water partition coefficient (Wildman–Crippen LogP) is 4.34. The van der Waals surface area contributed by atoms with Gasteiger partial charge >= 0.3 is 0 Å². The summed E-state index contributed by atoms with van der Waals surface area (Å²) in [6.45, 7) is 2.23. The molecule has 0 amide bonds. The van der Waals surface area contributed by atoms with E-state index >= 15 is 0 Å². The summed E-state index contributed by atoms with van der Waals surface area (Å²) in [6.07, 6.45) is 8.31. The molecule has 1 unspecified atom stereocenters. The number of benzene rings is 1. The van der Waals surface area contributed by atoms with Gasteiger partial charge in [0, 0.05) is 37.7 Å². The first-order valence-electron chi connectivity index (χ1n) is 10.3. The molecule has 1 aliphatic rings. The molecule has 1 fully saturated rings. The second-order valence-electron chi connectivity index (χ2n) is 8.49. The van der Waals surface area contributed by atoms with Gasteiger partial charge in [-0.1, -0.05) is 5.21 Å². The van der Waals surface area contributed by atoms with Gasteiger partial charge in [-0.05, 0) is 76.2 Å². The Morgan fingerprint density at radius 1 is 1.21 bits per heavy atom. The lowest BCUT2D eigenvalue weighted by atomic mass is 9.81. The number of hydrogen-bond acceptors (Lipinski definition) is 5. The molecule has 1 aliphatic carbocycles. The smallest absolute Gasteiger partial charge is 0.133 e. The van der Waals surface area contributed by atoms with Crippen LogP contribution in [0.25, 0.3) is 22.0 Å². The number of hydrogen-bond donors (Lipinski definition) is 1. The van der Waals surface area contributed by atoms with Crippen molar-refractivity contribution in [1.29, 1.82) is 0 Å². The molecule has 156 valence electrons. The highest BCUT2D eigenvalue weighted by molar-refractivity contribution is 5.88. The highest BCUT2D eigenvalue weighted by Crippen LogP contribution is 2.31. The van der Waals surface area contributed by atoms with Crippen molar-refractivity contribution < 1.29 is 5.82 Å². The van der Waals surface area contributed by atoms with E-state index in [1.54, 1.807) is 24.1 Å². The summed E-state index contributed by atoms with van der Waals surface area (Å²) in [4.78, 5) is 6.80. The molecule has 1 aromatic carbocycles.